The Bertz CT molecular complexity index is 1140. The minimum atomic E-state index is -0.720. The number of hydrogen-bond donors (Lipinski definition) is 1. The van der Waals surface area contributed by atoms with Crippen LogP contribution in [0, 0.1) is 0 Å². The van der Waals surface area contributed by atoms with Crippen molar-refractivity contribution in [2.45, 2.75) is 25.4 Å². The second-order valence-electron chi connectivity index (χ2n) is 7.73. The highest BCUT2D eigenvalue weighted by Crippen LogP contribution is 2.42. The number of hydrogen-bond acceptors (Lipinski definition) is 4. The van der Waals surface area contributed by atoms with Crippen LogP contribution in [0.5, 0.6) is 5.75 Å². The van der Waals surface area contributed by atoms with Crippen LogP contribution in [0.15, 0.2) is 96.3 Å². The number of para-hydroxylation sites is 1. The first kappa shape index (κ1) is 21.4. The molecule has 0 bridgehead atoms. The van der Waals surface area contributed by atoms with E-state index < -0.39 is 17.7 Å². The quantitative estimate of drug-likeness (QED) is 0.561. The average molecular weight is 428 g/mol. The normalized spacial score (nSPS) is 15.8. The lowest BCUT2D eigenvalue weighted by molar-refractivity contribution is -0.130. The van der Waals surface area contributed by atoms with E-state index in [9.17, 15) is 14.7 Å². The summed E-state index contributed by atoms with van der Waals surface area (Å²) in [5.74, 6) is -0.708. The van der Waals surface area contributed by atoms with E-state index >= 15 is 0 Å². The van der Waals surface area contributed by atoms with Crippen molar-refractivity contribution in [3.63, 3.8) is 0 Å². The van der Waals surface area contributed by atoms with Crippen molar-refractivity contribution in [2.24, 2.45) is 0 Å². The van der Waals surface area contributed by atoms with E-state index in [4.69, 9.17) is 4.74 Å². The number of carbonyl (C=O) groups excluding carboxylic acids is 2. The molecule has 1 amide bonds. The molecule has 3 aromatic carbocycles. The first-order valence-electron chi connectivity index (χ1n) is 10.6. The van der Waals surface area contributed by atoms with Gasteiger partial charge in [-0.3, -0.25) is 9.59 Å². The van der Waals surface area contributed by atoms with Crippen molar-refractivity contribution < 1.29 is 19.4 Å². The molecule has 1 atom stereocenters. The van der Waals surface area contributed by atoms with E-state index in [0.29, 0.717) is 17.7 Å². The summed E-state index contributed by atoms with van der Waals surface area (Å²) in [4.78, 5) is 28.0. The number of ketones is 1. The van der Waals surface area contributed by atoms with Gasteiger partial charge in [-0.2, -0.15) is 0 Å². The number of carbonyl (C=O) groups is 2. The van der Waals surface area contributed by atoms with E-state index in [1.54, 1.807) is 13.2 Å². The summed E-state index contributed by atoms with van der Waals surface area (Å²) in [6.45, 7) is 0.266. The Labute approximate surface area is 187 Å². The largest absolute Gasteiger partial charge is 0.503 e. The van der Waals surface area contributed by atoms with Crippen molar-refractivity contribution in [3.8, 4) is 5.75 Å². The summed E-state index contributed by atoms with van der Waals surface area (Å²) < 4.78 is 5.53. The molecule has 4 rings (SSSR count). The molecule has 32 heavy (non-hydrogen) atoms. The van der Waals surface area contributed by atoms with Crippen LogP contribution in [-0.2, 0) is 22.6 Å². The topological polar surface area (TPSA) is 66.8 Å². The summed E-state index contributed by atoms with van der Waals surface area (Å²) in [5, 5.41) is 10.8. The Morgan fingerprint density at radius 3 is 2.16 bits per heavy atom. The number of nitrogens with zero attached hydrogens (tertiary/aromatic N) is 1. The predicted octanol–water partition coefficient (Wildman–Crippen LogP) is 4.79. The van der Waals surface area contributed by atoms with Crippen LogP contribution < -0.4 is 4.74 Å². The van der Waals surface area contributed by atoms with E-state index in [1.807, 2.05) is 78.9 Å². The lowest BCUT2D eigenvalue weighted by Gasteiger charge is -2.28. The van der Waals surface area contributed by atoms with Crippen LogP contribution in [0.25, 0.3) is 0 Å². The van der Waals surface area contributed by atoms with Crippen LogP contribution in [0.2, 0.25) is 0 Å². The molecule has 5 heteroatoms. The molecule has 1 N–H and O–H groups in total. The molecular weight excluding hydrogens is 402 g/mol. The van der Waals surface area contributed by atoms with Gasteiger partial charge in [0.2, 0.25) is 0 Å². The third-order valence-corrected chi connectivity index (χ3v) is 5.72. The first-order valence-corrected chi connectivity index (χ1v) is 10.6. The third kappa shape index (κ3) is 4.28. The van der Waals surface area contributed by atoms with E-state index in [0.717, 1.165) is 11.1 Å². The van der Waals surface area contributed by atoms with Crippen LogP contribution in [-0.4, -0.2) is 28.8 Å². The zero-order valence-electron chi connectivity index (χ0n) is 17.9. The Balaban J connectivity index is 1.70. The third-order valence-electron chi connectivity index (χ3n) is 5.72. The van der Waals surface area contributed by atoms with Gasteiger partial charge in [-0.25, -0.2) is 0 Å². The van der Waals surface area contributed by atoms with Crippen molar-refractivity contribution in [1.29, 1.82) is 0 Å². The maximum atomic E-state index is 13.3. The van der Waals surface area contributed by atoms with Gasteiger partial charge in [0.25, 0.3) is 5.91 Å². The number of ether oxygens (including phenoxy) is 1. The van der Waals surface area contributed by atoms with Crippen molar-refractivity contribution >= 4 is 11.7 Å². The van der Waals surface area contributed by atoms with Crippen LogP contribution in [0.1, 0.15) is 29.2 Å². The van der Waals surface area contributed by atoms with Gasteiger partial charge in [0, 0.05) is 18.5 Å². The Kier molecular flexibility index (Phi) is 6.36. The average Bonchev–Trinajstić information content (AvgIpc) is 3.08. The summed E-state index contributed by atoms with van der Waals surface area (Å²) in [6, 6.07) is 25.8. The molecule has 0 radical (unpaired) electrons. The van der Waals surface area contributed by atoms with Gasteiger partial charge >= 0.3 is 0 Å². The fourth-order valence-electron chi connectivity index (χ4n) is 4.13. The predicted molar refractivity (Wildman–Crippen MR) is 122 cm³/mol. The molecular formula is C27H25NO4. The minimum Gasteiger partial charge on any atom is -0.503 e. The molecule has 0 aliphatic carbocycles. The lowest BCUT2D eigenvalue weighted by atomic mass is 9.92. The van der Waals surface area contributed by atoms with E-state index in [1.165, 1.54) is 4.90 Å². The van der Waals surface area contributed by atoms with Gasteiger partial charge in [-0.15, -0.1) is 0 Å². The molecule has 1 aliphatic rings. The van der Waals surface area contributed by atoms with E-state index in [-0.39, 0.29) is 24.3 Å². The van der Waals surface area contributed by atoms with Crippen LogP contribution >= 0.6 is 0 Å². The number of rotatable bonds is 8. The zero-order chi connectivity index (χ0) is 22.5. The maximum absolute atomic E-state index is 13.3. The van der Waals surface area contributed by atoms with Gasteiger partial charge < -0.3 is 14.7 Å². The molecule has 1 unspecified atom stereocenters. The number of methoxy groups -OCH3 is 1. The van der Waals surface area contributed by atoms with Gasteiger partial charge in [-0.05, 0) is 23.6 Å². The Morgan fingerprint density at radius 1 is 0.906 bits per heavy atom. The Morgan fingerprint density at radius 2 is 1.50 bits per heavy atom. The van der Waals surface area contributed by atoms with Crippen molar-refractivity contribution in [2.75, 3.05) is 7.11 Å². The molecule has 0 spiro atoms. The monoisotopic (exact) mass is 427 g/mol. The molecule has 3 aromatic rings. The molecule has 0 aromatic heterocycles. The highest BCUT2D eigenvalue weighted by molar-refractivity contribution is 6.09. The van der Waals surface area contributed by atoms with Gasteiger partial charge in [0.1, 0.15) is 5.75 Å². The van der Waals surface area contributed by atoms with E-state index in [2.05, 4.69) is 0 Å². The number of amides is 1. The molecule has 0 fully saturated rings. The zero-order valence-corrected chi connectivity index (χ0v) is 17.9. The molecule has 162 valence electrons. The van der Waals surface area contributed by atoms with Crippen molar-refractivity contribution in [3.05, 3.63) is 113 Å². The summed E-state index contributed by atoms with van der Waals surface area (Å²) in [7, 11) is 1.55. The fraction of sp³-hybridized carbons (Fsp3) is 0.185. The molecule has 5 nitrogen and oxygen atoms in total. The minimum absolute atomic E-state index is 0.131. The lowest BCUT2D eigenvalue weighted by Crippen LogP contribution is -2.31. The molecule has 0 saturated heterocycles. The van der Waals surface area contributed by atoms with Gasteiger partial charge in [-0.1, -0.05) is 78.9 Å². The molecule has 1 heterocycles. The number of benzene rings is 3. The van der Waals surface area contributed by atoms with Crippen LogP contribution in [0.3, 0.4) is 0 Å². The van der Waals surface area contributed by atoms with Gasteiger partial charge in [0.05, 0.1) is 18.7 Å². The summed E-state index contributed by atoms with van der Waals surface area (Å²) in [6.07, 6.45) is 0.726. The summed E-state index contributed by atoms with van der Waals surface area (Å²) in [5.41, 5.74) is 2.74. The fourth-order valence-corrected chi connectivity index (χ4v) is 4.13. The van der Waals surface area contributed by atoms with Crippen LogP contribution in [0.4, 0.5) is 0 Å². The number of Topliss-reactive ketones (excluding diaryl/α,β-unsaturated/α-hetero) is 1. The first-order chi connectivity index (χ1) is 15.6. The highest BCUT2D eigenvalue weighted by atomic mass is 16.5. The highest BCUT2D eigenvalue weighted by Gasteiger charge is 2.44. The smallest absolute Gasteiger partial charge is 0.290 e. The standard InChI is InChI=1S/C27H25NO4/c1-32-23-15-9-8-14-21(23)25-24(22(29)17-16-19-10-4-2-5-11-19)26(30)27(31)28(25)18-20-12-6-3-7-13-20/h2-15,25,30H,16-18H2,1H3. The Hall–Kier alpha value is -3.86. The second kappa shape index (κ2) is 9.52. The molecule has 1 aliphatic heterocycles. The number of aliphatic hydroxyl groups is 1. The SMILES string of the molecule is COc1ccccc1C1C(C(=O)CCc2ccccc2)=C(O)C(=O)N1Cc1ccccc1. The summed E-state index contributed by atoms with van der Waals surface area (Å²) >= 11 is 0. The van der Waals surface area contributed by atoms with Crippen molar-refractivity contribution in [1.82, 2.24) is 4.90 Å². The maximum Gasteiger partial charge on any atom is 0.290 e. The molecule has 0 saturated carbocycles. The number of aliphatic hydroxyl groups excluding tert-OH is 1. The second-order valence-corrected chi connectivity index (χ2v) is 7.73. The number of aryl methyl sites for hydroxylation is 1. The van der Waals surface area contributed by atoms with Gasteiger partial charge in [0.15, 0.2) is 11.5 Å².